The van der Waals surface area contributed by atoms with Crippen molar-refractivity contribution in [2.75, 3.05) is 18.5 Å². The summed E-state index contributed by atoms with van der Waals surface area (Å²) in [6.45, 7) is 5.46. The lowest BCUT2D eigenvalue weighted by atomic mass is 9.94. The van der Waals surface area contributed by atoms with E-state index >= 15 is 0 Å². The molecule has 2 aliphatic rings. The highest BCUT2D eigenvalue weighted by molar-refractivity contribution is 9.10. The molecule has 0 radical (unpaired) electrons. The molecule has 10 heteroatoms. The molecule has 0 aromatic heterocycles. The summed E-state index contributed by atoms with van der Waals surface area (Å²) in [5.41, 5.74) is 3.21. The molecule has 1 atom stereocenters. The number of fused-ring (bicyclic) bond motifs is 1. The average molecular weight is 577 g/mol. The van der Waals surface area contributed by atoms with Gasteiger partial charge in [0.25, 0.3) is 5.91 Å². The second-order valence-corrected chi connectivity index (χ2v) is 10.0. The molecule has 0 saturated carbocycles. The molecular formula is C25H23BrClN3O4S. The van der Waals surface area contributed by atoms with E-state index in [1.807, 2.05) is 41.6 Å². The molecule has 7 nitrogen and oxygen atoms in total. The number of halogens is 2. The summed E-state index contributed by atoms with van der Waals surface area (Å²) >= 11 is 11.1. The molecule has 2 aromatic rings. The smallest absolute Gasteiger partial charge is 0.338 e. The van der Waals surface area contributed by atoms with Gasteiger partial charge in [-0.05, 0) is 62.1 Å². The molecule has 2 aliphatic heterocycles. The number of rotatable bonds is 7. The van der Waals surface area contributed by atoms with Crippen LogP contribution in [0.25, 0.3) is 0 Å². The highest BCUT2D eigenvalue weighted by atomic mass is 79.9. The van der Waals surface area contributed by atoms with Gasteiger partial charge in [-0.3, -0.25) is 4.79 Å². The van der Waals surface area contributed by atoms with E-state index in [0.717, 1.165) is 15.2 Å². The Kier molecular flexibility index (Phi) is 7.88. The van der Waals surface area contributed by atoms with E-state index in [4.69, 9.17) is 21.1 Å². The number of ether oxygens (including phenoxy) is 2. The van der Waals surface area contributed by atoms with E-state index in [-0.39, 0.29) is 19.1 Å². The zero-order valence-electron chi connectivity index (χ0n) is 19.3. The second-order valence-electron chi connectivity index (χ2n) is 7.80. The fraction of sp³-hybridized carbons (Fsp3) is 0.240. The number of nitrogens with zero attached hydrogens (tertiary/aromatic N) is 2. The van der Waals surface area contributed by atoms with Crippen LogP contribution in [0.1, 0.15) is 31.0 Å². The minimum atomic E-state index is -0.529. The maximum atomic E-state index is 13.0. The summed E-state index contributed by atoms with van der Waals surface area (Å²) in [5.74, 6) is -0.301. The van der Waals surface area contributed by atoms with Gasteiger partial charge in [0.15, 0.2) is 11.8 Å². The van der Waals surface area contributed by atoms with Crippen molar-refractivity contribution in [1.82, 2.24) is 4.90 Å². The fourth-order valence-electron chi connectivity index (χ4n) is 3.80. The van der Waals surface area contributed by atoms with Crippen molar-refractivity contribution in [3.8, 4) is 5.75 Å². The molecule has 0 fully saturated rings. The average Bonchev–Trinajstić information content (AvgIpc) is 3.28. The Morgan fingerprint density at radius 3 is 2.80 bits per heavy atom. The first kappa shape index (κ1) is 25.3. The van der Waals surface area contributed by atoms with Gasteiger partial charge in [0.05, 0.1) is 23.9 Å². The van der Waals surface area contributed by atoms with Gasteiger partial charge >= 0.3 is 5.97 Å². The third-order valence-electron chi connectivity index (χ3n) is 5.41. The number of aryl methyl sites for hydroxylation is 1. The van der Waals surface area contributed by atoms with Crippen molar-refractivity contribution >= 4 is 62.0 Å². The van der Waals surface area contributed by atoms with Gasteiger partial charge in [-0.25, -0.2) is 9.79 Å². The van der Waals surface area contributed by atoms with Crippen LogP contribution in [-0.2, 0) is 14.3 Å². The molecule has 0 unspecified atom stereocenters. The number of nitrogens with one attached hydrogen (secondary N) is 1. The van der Waals surface area contributed by atoms with Crippen LogP contribution in [0.3, 0.4) is 0 Å². The van der Waals surface area contributed by atoms with E-state index in [2.05, 4.69) is 26.2 Å². The lowest BCUT2D eigenvalue weighted by Crippen LogP contribution is -2.34. The van der Waals surface area contributed by atoms with Gasteiger partial charge in [-0.1, -0.05) is 45.4 Å². The number of aliphatic imine (C=N–C) groups is 1. The summed E-state index contributed by atoms with van der Waals surface area (Å²) in [6.07, 6.45) is 1.87. The van der Waals surface area contributed by atoms with Crippen molar-refractivity contribution in [2.45, 2.75) is 26.8 Å². The topological polar surface area (TPSA) is 80.2 Å². The highest BCUT2D eigenvalue weighted by Crippen LogP contribution is 2.44. The predicted molar refractivity (Wildman–Crippen MR) is 143 cm³/mol. The Labute approximate surface area is 221 Å². The molecule has 0 bridgehead atoms. The van der Waals surface area contributed by atoms with Crippen molar-refractivity contribution in [1.29, 1.82) is 0 Å². The molecule has 0 spiro atoms. The quantitative estimate of drug-likeness (QED) is 0.396. The Morgan fingerprint density at radius 2 is 2.03 bits per heavy atom. The minimum absolute atomic E-state index is 0.226. The summed E-state index contributed by atoms with van der Waals surface area (Å²) < 4.78 is 12.1. The highest BCUT2D eigenvalue weighted by Gasteiger charge is 2.39. The standard InChI is InChI=1S/C25H23BrClN3O4S/c1-4-33-24(32)22-15(3)28-25-30(9-10-35-25)23(22)18-11-16(26)6-8-20(18)34-13-21(31)29-19-12-17(27)7-5-14(19)2/h5-12,23H,4,13H2,1-3H3,(H,29,31)/t23-/m1/s1. The Hall–Kier alpha value is -2.75. The van der Waals surface area contributed by atoms with E-state index in [1.165, 1.54) is 11.8 Å². The number of anilines is 1. The molecule has 0 aliphatic carbocycles. The number of amidine groups is 1. The van der Waals surface area contributed by atoms with Gasteiger partial charge in [0, 0.05) is 26.9 Å². The zero-order valence-corrected chi connectivity index (χ0v) is 22.5. The van der Waals surface area contributed by atoms with Crippen molar-refractivity contribution < 1.29 is 19.1 Å². The lowest BCUT2D eigenvalue weighted by Gasteiger charge is -2.34. The van der Waals surface area contributed by atoms with Crippen molar-refractivity contribution in [3.63, 3.8) is 0 Å². The summed E-state index contributed by atoms with van der Waals surface area (Å²) in [4.78, 5) is 32.1. The lowest BCUT2D eigenvalue weighted by molar-refractivity contribution is -0.139. The zero-order chi connectivity index (χ0) is 25.1. The van der Waals surface area contributed by atoms with Crippen LogP contribution in [0.2, 0.25) is 5.02 Å². The molecule has 0 saturated heterocycles. The second kappa shape index (κ2) is 10.9. The molecule has 1 N–H and O–H groups in total. The van der Waals surface area contributed by atoms with Gasteiger partial charge in [0.1, 0.15) is 5.75 Å². The van der Waals surface area contributed by atoms with Crippen LogP contribution in [-0.4, -0.2) is 35.2 Å². The van der Waals surface area contributed by atoms with Gasteiger partial charge in [0.2, 0.25) is 0 Å². The molecule has 2 heterocycles. The maximum absolute atomic E-state index is 13.0. The number of esters is 1. The molecule has 4 rings (SSSR count). The van der Waals surface area contributed by atoms with E-state index in [9.17, 15) is 9.59 Å². The van der Waals surface area contributed by atoms with Crippen LogP contribution >= 0.6 is 39.3 Å². The van der Waals surface area contributed by atoms with Crippen LogP contribution in [0, 0.1) is 6.92 Å². The number of thioether (sulfide) groups is 1. The van der Waals surface area contributed by atoms with Crippen LogP contribution in [0.4, 0.5) is 5.69 Å². The molecule has 1 amide bonds. The molecule has 35 heavy (non-hydrogen) atoms. The monoisotopic (exact) mass is 575 g/mol. The third kappa shape index (κ3) is 5.58. The number of carbonyl (C=O) groups excluding carboxylic acids is 2. The number of allylic oxidation sites excluding steroid dienone is 1. The number of hydrogen-bond acceptors (Lipinski definition) is 7. The third-order valence-corrected chi connectivity index (χ3v) is 6.91. The number of carbonyl (C=O) groups is 2. The summed E-state index contributed by atoms with van der Waals surface area (Å²) in [5, 5.41) is 6.02. The number of benzene rings is 2. The maximum Gasteiger partial charge on any atom is 0.338 e. The first-order chi connectivity index (χ1) is 16.8. The largest absolute Gasteiger partial charge is 0.483 e. The molecule has 182 valence electrons. The summed E-state index contributed by atoms with van der Waals surface area (Å²) in [7, 11) is 0. The van der Waals surface area contributed by atoms with Crippen LogP contribution in [0.5, 0.6) is 5.75 Å². The summed E-state index contributed by atoms with van der Waals surface area (Å²) in [6, 6.07) is 10.2. The van der Waals surface area contributed by atoms with E-state index < -0.39 is 12.0 Å². The first-order valence-corrected chi connectivity index (χ1v) is 12.9. The van der Waals surface area contributed by atoms with Crippen molar-refractivity contribution in [3.05, 3.63) is 79.9 Å². The first-order valence-electron chi connectivity index (χ1n) is 10.8. The normalized spacial score (nSPS) is 16.7. The number of amides is 1. The minimum Gasteiger partial charge on any atom is -0.483 e. The van der Waals surface area contributed by atoms with Gasteiger partial charge in [-0.15, -0.1) is 0 Å². The van der Waals surface area contributed by atoms with E-state index in [0.29, 0.717) is 33.3 Å². The Balaban J connectivity index is 1.64. The molecule has 2 aromatic carbocycles. The van der Waals surface area contributed by atoms with Crippen LogP contribution < -0.4 is 10.1 Å². The van der Waals surface area contributed by atoms with Crippen molar-refractivity contribution in [2.24, 2.45) is 4.99 Å². The van der Waals surface area contributed by atoms with E-state index in [1.54, 1.807) is 32.0 Å². The molecular weight excluding hydrogens is 554 g/mol. The fourth-order valence-corrected chi connectivity index (χ4v) is 5.14. The number of hydrogen-bond donors (Lipinski definition) is 1. The van der Waals surface area contributed by atoms with Gasteiger partial charge in [-0.2, -0.15) is 0 Å². The van der Waals surface area contributed by atoms with Gasteiger partial charge < -0.3 is 19.7 Å². The SMILES string of the molecule is CCOC(=O)C1=C(C)N=C2SC=CN2[C@@H]1c1cc(Br)ccc1OCC(=O)Nc1cc(Cl)ccc1C. The predicted octanol–water partition coefficient (Wildman–Crippen LogP) is 6.20. The Morgan fingerprint density at radius 1 is 1.23 bits per heavy atom. The Bertz CT molecular complexity index is 1280. The van der Waals surface area contributed by atoms with Crippen LogP contribution in [0.15, 0.2) is 68.7 Å².